The molecule has 0 spiro atoms. The van der Waals surface area contributed by atoms with Crippen molar-refractivity contribution in [2.24, 2.45) is 17.3 Å². The van der Waals surface area contributed by atoms with E-state index in [2.05, 4.69) is 118 Å². The molecule has 5 aromatic rings. The summed E-state index contributed by atoms with van der Waals surface area (Å²) in [4.78, 5) is 0. The summed E-state index contributed by atoms with van der Waals surface area (Å²) < 4.78 is 0. The van der Waals surface area contributed by atoms with Crippen LogP contribution in [0, 0.1) is 17.3 Å². The Kier molecular flexibility index (Phi) is 5.63. The molecule has 0 heteroatoms. The molecule has 1 atom stereocenters. The Morgan fingerprint density at radius 1 is 0.667 bits per heavy atom. The second kappa shape index (κ2) is 9.09. The molecule has 3 aliphatic rings. The topological polar surface area (TPSA) is 0 Å². The predicted molar refractivity (Wildman–Crippen MR) is 170 cm³/mol. The second-order valence-corrected chi connectivity index (χ2v) is 12.4. The molecule has 0 heterocycles. The first-order valence-corrected chi connectivity index (χ1v) is 14.4. The standard InChI is InChI=1S/C39H36/c1-5-30-31(6-2)38(33-17-11-13-25-12-7-8-14-32(25)33)35-16-10-9-15-34(35)37(30)27-20-18-26(19-21-27)36-24-39(3,4)29-22-28(36)23-29/h5-21,28-29,36H,1-2,22-24H2,3-4H3. The van der Waals surface area contributed by atoms with Gasteiger partial charge in [0, 0.05) is 0 Å². The van der Waals surface area contributed by atoms with Gasteiger partial charge in [-0.2, -0.15) is 0 Å². The first kappa shape index (κ1) is 24.2. The Bertz CT molecular complexity index is 1740. The highest BCUT2D eigenvalue weighted by Crippen LogP contribution is 2.61. The van der Waals surface area contributed by atoms with E-state index in [-0.39, 0.29) is 0 Å². The molecule has 0 nitrogen and oxygen atoms in total. The minimum Gasteiger partial charge on any atom is -0.0984 e. The third-order valence-corrected chi connectivity index (χ3v) is 9.98. The fraction of sp³-hybridized carbons (Fsp3) is 0.231. The van der Waals surface area contributed by atoms with Crippen LogP contribution in [-0.4, -0.2) is 0 Å². The lowest BCUT2D eigenvalue weighted by molar-refractivity contribution is -0.0283. The van der Waals surface area contributed by atoms with Crippen LogP contribution in [0.1, 0.15) is 55.7 Å². The summed E-state index contributed by atoms with van der Waals surface area (Å²) in [5.41, 5.74) is 9.24. The van der Waals surface area contributed by atoms with E-state index in [1.807, 2.05) is 12.2 Å². The molecule has 39 heavy (non-hydrogen) atoms. The molecule has 0 aromatic heterocycles. The molecule has 5 aromatic carbocycles. The SMILES string of the molecule is C=Cc1c(C=C)c(-c2cccc3ccccc23)c2ccccc2c1-c1ccc(C2CC(C)(C)C3CC2C3)cc1. The van der Waals surface area contributed by atoms with E-state index >= 15 is 0 Å². The highest BCUT2D eigenvalue weighted by molar-refractivity contribution is 6.14. The molecule has 192 valence electrons. The summed E-state index contributed by atoms with van der Waals surface area (Å²) in [6, 6.07) is 33.6. The number of hydrogen-bond donors (Lipinski definition) is 0. The lowest BCUT2D eigenvalue weighted by Gasteiger charge is -2.56. The van der Waals surface area contributed by atoms with Gasteiger partial charge in [0.05, 0.1) is 0 Å². The molecule has 0 aliphatic heterocycles. The Hall–Kier alpha value is -3.90. The third kappa shape index (κ3) is 3.73. The summed E-state index contributed by atoms with van der Waals surface area (Å²) in [6.45, 7) is 13.6. The van der Waals surface area contributed by atoms with Crippen LogP contribution in [0.15, 0.2) is 104 Å². The Morgan fingerprint density at radius 3 is 1.92 bits per heavy atom. The fourth-order valence-corrected chi connectivity index (χ4v) is 7.76. The van der Waals surface area contributed by atoms with Gasteiger partial charge in [-0.1, -0.05) is 130 Å². The highest BCUT2D eigenvalue weighted by Gasteiger charge is 2.50. The van der Waals surface area contributed by atoms with Crippen molar-refractivity contribution in [1.29, 1.82) is 0 Å². The van der Waals surface area contributed by atoms with Gasteiger partial charge in [-0.05, 0) is 103 Å². The molecular formula is C39H36. The van der Waals surface area contributed by atoms with Crippen molar-refractivity contribution < 1.29 is 0 Å². The fourth-order valence-electron chi connectivity index (χ4n) is 7.76. The maximum atomic E-state index is 4.30. The zero-order valence-electron chi connectivity index (χ0n) is 23.1. The lowest BCUT2D eigenvalue weighted by atomic mass is 9.49. The molecule has 0 N–H and O–H groups in total. The van der Waals surface area contributed by atoms with Gasteiger partial charge >= 0.3 is 0 Å². The molecule has 0 saturated heterocycles. The van der Waals surface area contributed by atoms with Crippen molar-refractivity contribution in [3.05, 3.63) is 121 Å². The highest BCUT2D eigenvalue weighted by atomic mass is 14.5. The van der Waals surface area contributed by atoms with E-state index < -0.39 is 0 Å². The van der Waals surface area contributed by atoms with Crippen LogP contribution in [0.4, 0.5) is 0 Å². The van der Waals surface area contributed by atoms with Crippen LogP contribution in [-0.2, 0) is 0 Å². The quantitative estimate of drug-likeness (QED) is 0.223. The molecule has 0 radical (unpaired) electrons. The minimum absolute atomic E-state index is 0.459. The van der Waals surface area contributed by atoms with Crippen LogP contribution >= 0.6 is 0 Å². The lowest BCUT2D eigenvalue weighted by Crippen LogP contribution is -2.46. The zero-order valence-corrected chi connectivity index (χ0v) is 23.1. The molecule has 0 amide bonds. The van der Waals surface area contributed by atoms with E-state index in [0.717, 1.165) is 23.0 Å². The largest absolute Gasteiger partial charge is 0.0984 e. The van der Waals surface area contributed by atoms with Crippen molar-refractivity contribution in [2.75, 3.05) is 0 Å². The van der Waals surface area contributed by atoms with Crippen LogP contribution in [0.3, 0.4) is 0 Å². The van der Waals surface area contributed by atoms with Crippen molar-refractivity contribution in [3.63, 3.8) is 0 Å². The average molecular weight is 505 g/mol. The smallest absolute Gasteiger partial charge is 0.00204 e. The molecule has 3 aliphatic carbocycles. The predicted octanol–water partition coefficient (Wildman–Crippen LogP) is 11.2. The zero-order chi connectivity index (χ0) is 26.7. The van der Waals surface area contributed by atoms with Crippen LogP contribution in [0.2, 0.25) is 0 Å². The number of benzene rings is 5. The summed E-state index contributed by atoms with van der Waals surface area (Å²) in [5.74, 6) is 2.48. The average Bonchev–Trinajstić information content (AvgIpc) is 2.94. The van der Waals surface area contributed by atoms with Gasteiger partial charge in [0.25, 0.3) is 0 Å². The van der Waals surface area contributed by atoms with E-state index in [1.165, 1.54) is 68.6 Å². The third-order valence-electron chi connectivity index (χ3n) is 9.98. The maximum absolute atomic E-state index is 4.30. The van der Waals surface area contributed by atoms with Gasteiger partial charge in [-0.25, -0.2) is 0 Å². The number of hydrogen-bond acceptors (Lipinski definition) is 0. The minimum atomic E-state index is 0.459. The Balaban J connectivity index is 1.43. The van der Waals surface area contributed by atoms with Crippen LogP contribution < -0.4 is 0 Å². The van der Waals surface area contributed by atoms with E-state index in [4.69, 9.17) is 0 Å². The van der Waals surface area contributed by atoms with Gasteiger partial charge < -0.3 is 0 Å². The van der Waals surface area contributed by atoms with Gasteiger partial charge in [-0.15, -0.1) is 0 Å². The first-order valence-electron chi connectivity index (χ1n) is 14.4. The molecule has 1 unspecified atom stereocenters. The molecular weight excluding hydrogens is 468 g/mol. The molecule has 2 bridgehead atoms. The van der Waals surface area contributed by atoms with E-state index in [1.54, 1.807) is 0 Å². The van der Waals surface area contributed by atoms with Gasteiger partial charge in [0.1, 0.15) is 0 Å². The van der Waals surface area contributed by atoms with Gasteiger partial charge in [-0.3, -0.25) is 0 Å². The molecule has 3 fully saturated rings. The van der Waals surface area contributed by atoms with Crippen molar-refractivity contribution in [3.8, 4) is 22.3 Å². The van der Waals surface area contributed by atoms with Crippen molar-refractivity contribution in [2.45, 2.75) is 39.0 Å². The number of rotatable bonds is 5. The van der Waals surface area contributed by atoms with Crippen molar-refractivity contribution in [1.82, 2.24) is 0 Å². The molecule has 3 saturated carbocycles. The normalized spacial score (nSPS) is 21.4. The van der Waals surface area contributed by atoms with E-state index in [9.17, 15) is 0 Å². The van der Waals surface area contributed by atoms with Gasteiger partial charge in [0.15, 0.2) is 0 Å². The van der Waals surface area contributed by atoms with E-state index in [0.29, 0.717) is 11.3 Å². The Labute approximate surface area is 232 Å². The summed E-state index contributed by atoms with van der Waals surface area (Å²) >= 11 is 0. The van der Waals surface area contributed by atoms with Crippen molar-refractivity contribution >= 4 is 33.7 Å². The van der Waals surface area contributed by atoms with Gasteiger partial charge in [0.2, 0.25) is 0 Å². The Morgan fingerprint density at radius 2 is 1.26 bits per heavy atom. The molecule has 8 rings (SSSR count). The van der Waals surface area contributed by atoms with Crippen LogP contribution in [0.5, 0.6) is 0 Å². The summed E-state index contributed by atoms with van der Waals surface area (Å²) in [7, 11) is 0. The monoisotopic (exact) mass is 504 g/mol. The second-order valence-electron chi connectivity index (χ2n) is 12.4. The number of fused-ring (bicyclic) bond motifs is 4. The summed E-state index contributed by atoms with van der Waals surface area (Å²) in [5, 5.41) is 5.02. The maximum Gasteiger partial charge on any atom is -0.00204 e. The van der Waals surface area contributed by atoms with Crippen LogP contribution in [0.25, 0.3) is 56.0 Å². The summed E-state index contributed by atoms with van der Waals surface area (Å²) in [6.07, 6.45) is 8.17. The first-order chi connectivity index (χ1) is 19.0.